The molecule has 0 aromatic heterocycles. The van der Waals surface area contributed by atoms with Crippen LogP contribution >= 0.6 is 0 Å². The van der Waals surface area contributed by atoms with Gasteiger partial charge in [-0.2, -0.15) is 5.10 Å². The van der Waals surface area contributed by atoms with Crippen molar-refractivity contribution in [2.75, 3.05) is 34.5 Å². The highest BCUT2D eigenvalue weighted by molar-refractivity contribution is 6.02. The van der Waals surface area contributed by atoms with Gasteiger partial charge in [-0.05, 0) is 61.9 Å². The molecule has 5 rings (SSSR count). The van der Waals surface area contributed by atoms with E-state index in [2.05, 4.69) is 18.2 Å². The van der Waals surface area contributed by atoms with Gasteiger partial charge in [-0.3, -0.25) is 0 Å². The van der Waals surface area contributed by atoms with Gasteiger partial charge in [0.15, 0.2) is 23.0 Å². The molecule has 0 fully saturated rings. The molecular formula is C29H32N2O6. The average molecular weight is 505 g/mol. The van der Waals surface area contributed by atoms with E-state index in [-0.39, 0.29) is 6.04 Å². The van der Waals surface area contributed by atoms with E-state index in [0.717, 1.165) is 40.3 Å². The van der Waals surface area contributed by atoms with Crippen LogP contribution in [-0.2, 0) is 0 Å². The van der Waals surface area contributed by atoms with Crippen LogP contribution < -0.4 is 28.4 Å². The smallest absolute Gasteiger partial charge is 0.214 e. The Morgan fingerprint density at radius 1 is 0.865 bits per heavy atom. The lowest BCUT2D eigenvalue weighted by Gasteiger charge is -2.39. The molecule has 2 aliphatic heterocycles. The predicted molar refractivity (Wildman–Crippen MR) is 140 cm³/mol. The van der Waals surface area contributed by atoms with Gasteiger partial charge in [-0.25, -0.2) is 5.01 Å². The van der Waals surface area contributed by atoms with Gasteiger partial charge < -0.3 is 28.4 Å². The summed E-state index contributed by atoms with van der Waals surface area (Å²) in [4.78, 5) is 0. The predicted octanol–water partition coefficient (Wildman–Crippen LogP) is 5.75. The summed E-state index contributed by atoms with van der Waals surface area (Å²) in [5.41, 5.74) is 3.89. The van der Waals surface area contributed by atoms with E-state index in [0.29, 0.717) is 36.2 Å². The number of methoxy groups -OCH3 is 3. The molecular weight excluding hydrogens is 472 g/mol. The zero-order valence-corrected chi connectivity index (χ0v) is 21.8. The van der Waals surface area contributed by atoms with Crippen molar-refractivity contribution in [3.63, 3.8) is 0 Å². The van der Waals surface area contributed by atoms with Gasteiger partial charge in [-0.1, -0.05) is 12.1 Å². The highest BCUT2D eigenvalue weighted by Gasteiger charge is 2.42. The summed E-state index contributed by atoms with van der Waals surface area (Å²) < 4.78 is 35.0. The number of hydrogen-bond donors (Lipinski definition) is 0. The number of fused-ring (bicyclic) bond motifs is 3. The molecule has 0 saturated carbocycles. The minimum atomic E-state index is -0.534. The van der Waals surface area contributed by atoms with E-state index in [4.69, 9.17) is 33.5 Å². The Labute approximate surface area is 217 Å². The van der Waals surface area contributed by atoms with Crippen LogP contribution in [0.3, 0.4) is 0 Å². The van der Waals surface area contributed by atoms with Crippen LogP contribution in [0, 0.1) is 0 Å². The summed E-state index contributed by atoms with van der Waals surface area (Å²) >= 11 is 0. The van der Waals surface area contributed by atoms with Crippen molar-refractivity contribution >= 4 is 5.71 Å². The summed E-state index contributed by atoms with van der Waals surface area (Å²) in [6.07, 6.45) is 0.189. The van der Waals surface area contributed by atoms with Crippen LogP contribution in [0.25, 0.3) is 0 Å². The van der Waals surface area contributed by atoms with Crippen LogP contribution in [0.5, 0.6) is 34.5 Å². The summed E-state index contributed by atoms with van der Waals surface area (Å²) in [7, 11) is 4.80. The van der Waals surface area contributed by atoms with E-state index in [1.807, 2.05) is 55.3 Å². The Hall–Kier alpha value is -4.07. The lowest BCUT2D eigenvalue weighted by Crippen LogP contribution is -2.34. The van der Waals surface area contributed by atoms with Crippen LogP contribution in [-0.4, -0.2) is 45.3 Å². The van der Waals surface area contributed by atoms with Gasteiger partial charge in [0.1, 0.15) is 5.75 Å². The molecule has 0 amide bonds. The highest BCUT2D eigenvalue weighted by Crippen LogP contribution is 2.52. The second-order valence-electron chi connectivity index (χ2n) is 8.64. The zero-order chi connectivity index (χ0) is 25.9. The first-order valence-corrected chi connectivity index (χ1v) is 12.4. The molecule has 0 unspecified atom stereocenters. The number of benzene rings is 3. The van der Waals surface area contributed by atoms with Crippen LogP contribution in [0.15, 0.2) is 59.7 Å². The number of para-hydroxylation sites is 1. The van der Waals surface area contributed by atoms with Crippen LogP contribution in [0.2, 0.25) is 0 Å². The molecule has 8 nitrogen and oxygen atoms in total. The van der Waals surface area contributed by atoms with Crippen molar-refractivity contribution < 1.29 is 28.4 Å². The minimum absolute atomic E-state index is 0.0326. The first-order chi connectivity index (χ1) is 18.1. The van der Waals surface area contributed by atoms with E-state index in [9.17, 15) is 0 Å². The average Bonchev–Trinajstić information content (AvgIpc) is 3.38. The Balaban J connectivity index is 1.61. The third-order valence-electron chi connectivity index (χ3n) is 6.55. The van der Waals surface area contributed by atoms with Gasteiger partial charge >= 0.3 is 0 Å². The van der Waals surface area contributed by atoms with Gasteiger partial charge in [-0.15, -0.1) is 0 Å². The molecule has 0 N–H and O–H groups in total. The third-order valence-corrected chi connectivity index (χ3v) is 6.55. The molecule has 0 bridgehead atoms. The number of nitrogens with zero attached hydrogens (tertiary/aromatic N) is 2. The van der Waals surface area contributed by atoms with E-state index in [1.54, 1.807) is 21.3 Å². The van der Waals surface area contributed by atoms with Gasteiger partial charge in [0, 0.05) is 17.5 Å². The van der Waals surface area contributed by atoms with Gasteiger partial charge in [0.05, 0.1) is 46.3 Å². The van der Waals surface area contributed by atoms with E-state index < -0.39 is 6.23 Å². The molecule has 3 aromatic rings. The highest BCUT2D eigenvalue weighted by atomic mass is 16.5. The second kappa shape index (κ2) is 10.5. The Kier molecular flexibility index (Phi) is 6.99. The molecule has 194 valence electrons. The quantitative estimate of drug-likeness (QED) is 0.367. The van der Waals surface area contributed by atoms with Gasteiger partial charge in [0.25, 0.3) is 0 Å². The summed E-state index contributed by atoms with van der Waals surface area (Å²) in [5, 5.41) is 7.09. The van der Waals surface area contributed by atoms with E-state index >= 15 is 0 Å². The third kappa shape index (κ3) is 4.48. The topological polar surface area (TPSA) is 71.0 Å². The van der Waals surface area contributed by atoms with Crippen molar-refractivity contribution in [2.24, 2.45) is 5.10 Å². The number of hydrazone groups is 1. The fraction of sp³-hybridized carbons (Fsp3) is 0.345. The zero-order valence-electron chi connectivity index (χ0n) is 21.8. The van der Waals surface area contributed by atoms with Crippen LogP contribution in [0.1, 0.15) is 49.2 Å². The van der Waals surface area contributed by atoms with Crippen LogP contribution in [0.4, 0.5) is 0 Å². The molecule has 0 spiro atoms. The molecule has 0 saturated heterocycles. The number of hydrogen-bond acceptors (Lipinski definition) is 8. The summed E-state index contributed by atoms with van der Waals surface area (Å²) in [6, 6.07) is 17.9. The summed E-state index contributed by atoms with van der Waals surface area (Å²) in [5.74, 6) is 3.91. The Bertz CT molecular complexity index is 1270. The fourth-order valence-electron chi connectivity index (χ4n) is 4.90. The molecule has 2 heterocycles. The lowest BCUT2D eigenvalue weighted by atomic mass is 9.95. The second-order valence-corrected chi connectivity index (χ2v) is 8.64. The Morgan fingerprint density at radius 2 is 1.57 bits per heavy atom. The minimum Gasteiger partial charge on any atom is -0.494 e. The molecule has 0 aliphatic carbocycles. The van der Waals surface area contributed by atoms with E-state index in [1.165, 1.54) is 0 Å². The first kappa shape index (κ1) is 24.6. The largest absolute Gasteiger partial charge is 0.494 e. The lowest BCUT2D eigenvalue weighted by molar-refractivity contribution is -0.0214. The van der Waals surface area contributed by atoms with Crippen molar-refractivity contribution in [2.45, 2.75) is 32.5 Å². The molecule has 3 aromatic carbocycles. The van der Waals surface area contributed by atoms with Gasteiger partial charge in [0.2, 0.25) is 12.0 Å². The number of ether oxygens (including phenoxy) is 6. The maximum atomic E-state index is 6.65. The maximum Gasteiger partial charge on any atom is 0.214 e. The number of rotatable bonds is 9. The fourth-order valence-corrected chi connectivity index (χ4v) is 4.90. The van der Waals surface area contributed by atoms with Crippen molar-refractivity contribution in [3.05, 3.63) is 71.3 Å². The monoisotopic (exact) mass is 504 g/mol. The molecule has 2 aliphatic rings. The normalized spacial score (nSPS) is 17.8. The Morgan fingerprint density at radius 3 is 2.19 bits per heavy atom. The van der Waals surface area contributed by atoms with Crippen molar-refractivity contribution in [1.82, 2.24) is 5.01 Å². The summed E-state index contributed by atoms with van der Waals surface area (Å²) in [6.45, 7) is 5.11. The van der Waals surface area contributed by atoms with Crippen molar-refractivity contribution in [1.29, 1.82) is 0 Å². The van der Waals surface area contributed by atoms with Crippen molar-refractivity contribution in [3.8, 4) is 34.5 Å². The molecule has 0 radical (unpaired) electrons. The SMILES string of the molecule is CCOc1ccc(C2=NN3[C@H](C2)c2cccc(OCC)c2O[C@@H]3c2cc(OC)c(OC)c(OC)c2)cc1. The molecule has 2 atom stereocenters. The molecule has 8 heteroatoms. The maximum absolute atomic E-state index is 6.65. The molecule has 37 heavy (non-hydrogen) atoms. The first-order valence-electron chi connectivity index (χ1n) is 12.4. The standard InChI is InChI=1S/C29H32N2O6/c1-6-35-20-13-11-18(12-14-20)22-17-23-21-9-8-10-24(36-7-2)27(21)37-29(31(23)30-22)19-15-25(32-3)28(34-5)26(16-19)33-4/h8-16,23,29H,6-7,17H2,1-5H3/t23-,29-/m1/s1.